The number of thiophene rings is 1. The molecule has 1 heterocycles. The molecule has 7 nitrogen and oxygen atoms in total. The molecule has 1 aromatic heterocycles. The summed E-state index contributed by atoms with van der Waals surface area (Å²) in [4.78, 5) is 54.6. The topological polar surface area (TPSA) is 95.6 Å². The number of carbonyl (C=O) groups excluding carboxylic acids is 4. The molecule has 0 fully saturated rings. The van der Waals surface area contributed by atoms with Gasteiger partial charge in [-0.15, -0.1) is 11.3 Å². The summed E-state index contributed by atoms with van der Waals surface area (Å²) in [5, 5.41) is 7.50. The van der Waals surface area contributed by atoms with E-state index in [9.17, 15) is 19.2 Å². The van der Waals surface area contributed by atoms with E-state index in [-0.39, 0.29) is 24.1 Å². The first kappa shape index (κ1) is 27.8. The minimum atomic E-state index is -1.07. The Morgan fingerprint density at radius 3 is 2.24 bits per heavy atom. The van der Waals surface area contributed by atoms with Crippen LogP contribution in [0.25, 0.3) is 0 Å². The van der Waals surface area contributed by atoms with Crippen molar-refractivity contribution in [2.45, 2.75) is 52.6 Å². The lowest BCUT2D eigenvalue weighted by molar-refractivity contribution is -0.127. The second kappa shape index (κ2) is 12.0. The van der Waals surface area contributed by atoms with E-state index in [0.29, 0.717) is 28.1 Å². The van der Waals surface area contributed by atoms with Gasteiger partial charge in [0, 0.05) is 11.1 Å². The van der Waals surface area contributed by atoms with Crippen molar-refractivity contribution in [3.63, 3.8) is 0 Å². The second-order valence-corrected chi connectivity index (χ2v) is 10.5. The van der Waals surface area contributed by atoms with Crippen LogP contribution in [-0.2, 0) is 9.59 Å². The molecule has 0 aliphatic rings. The number of amides is 3. The highest BCUT2D eigenvalue weighted by Gasteiger charge is 2.36. The lowest BCUT2D eigenvalue weighted by Crippen LogP contribution is -2.52. The van der Waals surface area contributed by atoms with Crippen LogP contribution in [0.15, 0.2) is 66.0 Å². The molecular weight excluding hydrogens is 486 g/mol. The summed E-state index contributed by atoms with van der Waals surface area (Å²) in [6.45, 7) is 8.79. The van der Waals surface area contributed by atoms with Gasteiger partial charge in [0.2, 0.25) is 11.8 Å². The number of hydrogen-bond donors (Lipinski definition) is 2. The summed E-state index contributed by atoms with van der Waals surface area (Å²) in [7, 11) is 0. The van der Waals surface area contributed by atoms with Crippen LogP contribution in [0.2, 0.25) is 0 Å². The molecule has 2 aromatic carbocycles. The van der Waals surface area contributed by atoms with Gasteiger partial charge in [0.1, 0.15) is 6.04 Å². The molecule has 0 radical (unpaired) electrons. The molecule has 0 saturated carbocycles. The van der Waals surface area contributed by atoms with Gasteiger partial charge in [-0.05, 0) is 63.3 Å². The van der Waals surface area contributed by atoms with E-state index in [4.69, 9.17) is 0 Å². The number of benzene rings is 2. The quantitative estimate of drug-likeness (QED) is 0.366. The average molecular weight is 520 g/mol. The van der Waals surface area contributed by atoms with E-state index in [1.165, 1.54) is 23.2 Å². The van der Waals surface area contributed by atoms with Gasteiger partial charge in [0.25, 0.3) is 5.91 Å². The van der Waals surface area contributed by atoms with E-state index >= 15 is 0 Å². The summed E-state index contributed by atoms with van der Waals surface area (Å²) in [6, 6.07) is 16.4. The number of para-hydroxylation sites is 1. The monoisotopic (exact) mass is 519 g/mol. The molecule has 0 aliphatic carbocycles. The third kappa shape index (κ3) is 6.92. The van der Waals surface area contributed by atoms with Gasteiger partial charge in [-0.1, -0.05) is 55.0 Å². The fourth-order valence-electron chi connectivity index (χ4n) is 3.79. The highest BCUT2D eigenvalue weighted by molar-refractivity contribution is 7.12. The van der Waals surface area contributed by atoms with Crippen molar-refractivity contribution in [1.82, 2.24) is 10.6 Å². The first-order valence-electron chi connectivity index (χ1n) is 12.2. The minimum absolute atomic E-state index is 0.243. The van der Waals surface area contributed by atoms with Gasteiger partial charge in [-0.25, -0.2) is 0 Å². The molecule has 37 heavy (non-hydrogen) atoms. The number of ketones is 1. The van der Waals surface area contributed by atoms with E-state index in [2.05, 4.69) is 10.6 Å². The number of nitrogens with zero attached hydrogens (tertiary/aromatic N) is 1. The summed E-state index contributed by atoms with van der Waals surface area (Å²) in [5.41, 5.74) is 1.68. The number of anilines is 1. The Morgan fingerprint density at radius 2 is 1.65 bits per heavy atom. The van der Waals surface area contributed by atoms with Crippen LogP contribution in [0.3, 0.4) is 0 Å². The highest BCUT2D eigenvalue weighted by atomic mass is 32.1. The summed E-state index contributed by atoms with van der Waals surface area (Å²) >= 11 is 1.27. The first-order chi connectivity index (χ1) is 17.5. The van der Waals surface area contributed by atoms with Crippen LogP contribution in [0.5, 0.6) is 0 Å². The molecule has 0 aliphatic heterocycles. The van der Waals surface area contributed by atoms with Crippen molar-refractivity contribution in [2.75, 3.05) is 11.4 Å². The van der Waals surface area contributed by atoms with Crippen LogP contribution < -0.4 is 15.5 Å². The Balaban J connectivity index is 2.11. The molecule has 8 heteroatoms. The van der Waals surface area contributed by atoms with Crippen molar-refractivity contribution in [3.8, 4) is 0 Å². The zero-order valence-electron chi connectivity index (χ0n) is 21.8. The van der Waals surface area contributed by atoms with E-state index in [0.717, 1.165) is 5.56 Å². The van der Waals surface area contributed by atoms with Crippen LogP contribution in [-0.4, -0.2) is 35.6 Å². The molecular formula is C29H33N3O4S. The lowest BCUT2D eigenvalue weighted by atomic mass is 9.96. The van der Waals surface area contributed by atoms with Crippen LogP contribution >= 0.6 is 11.3 Å². The Bertz CT molecular complexity index is 1270. The maximum absolute atomic E-state index is 13.9. The number of aryl methyl sites for hydroxylation is 1. The highest BCUT2D eigenvalue weighted by Crippen LogP contribution is 2.32. The fourth-order valence-corrected chi connectivity index (χ4v) is 4.43. The van der Waals surface area contributed by atoms with Gasteiger partial charge in [-0.3, -0.25) is 24.1 Å². The maximum atomic E-state index is 13.9. The molecule has 3 aromatic rings. The predicted molar refractivity (Wildman–Crippen MR) is 147 cm³/mol. The van der Waals surface area contributed by atoms with Gasteiger partial charge >= 0.3 is 0 Å². The van der Waals surface area contributed by atoms with Crippen LogP contribution in [0.4, 0.5) is 5.69 Å². The molecule has 3 rings (SSSR count). The standard InChI is InChI=1S/C29H33N3O4S/c1-6-29(4,5)31-28(36)26(21-15-13-19(2)14-16-21)32(23-11-8-7-10-22(23)20(3)33)25(34)18-30-27(35)24-12-9-17-37-24/h7-17,26H,6,18H2,1-5H3,(H,30,35)(H,31,36)/t26-/m1/s1. The zero-order valence-corrected chi connectivity index (χ0v) is 22.6. The molecule has 0 spiro atoms. The minimum Gasteiger partial charge on any atom is -0.349 e. The zero-order chi connectivity index (χ0) is 27.2. The van der Waals surface area contributed by atoms with Gasteiger partial charge in [0.15, 0.2) is 5.78 Å². The summed E-state index contributed by atoms with van der Waals surface area (Å²) < 4.78 is 0. The SMILES string of the molecule is CCC(C)(C)NC(=O)[C@@H](c1ccc(C)cc1)N(C(=O)CNC(=O)c1cccs1)c1ccccc1C(C)=O. The number of nitrogens with one attached hydrogen (secondary N) is 2. The Labute approximate surface area is 221 Å². The third-order valence-electron chi connectivity index (χ3n) is 6.20. The van der Waals surface area contributed by atoms with E-state index in [1.807, 2.05) is 39.8 Å². The number of Topliss-reactive ketones (excluding diaryl/α,β-unsaturated/α-hetero) is 1. The van der Waals surface area contributed by atoms with Crippen molar-refractivity contribution in [2.24, 2.45) is 0 Å². The van der Waals surface area contributed by atoms with Gasteiger partial charge in [-0.2, -0.15) is 0 Å². The van der Waals surface area contributed by atoms with Crippen molar-refractivity contribution >= 4 is 40.5 Å². The largest absolute Gasteiger partial charge is 0.349 e. The Hall–Kier alpha value is -3.78. The Morgan fingerprint density at radius 1 is 0.973 bits per heavy atom. The van der Waals surface area contributed by atoms with Crippen molar-refractivity contribution in [3.05, 3.63) is 87.6 Å². The first-order valence-corrected chi connectivity index (χ1v) is 13.0. The Kier molecular flexibility index (Phi) is 8.99. The summed E-state index contributed by atoms with van der Waals surface area (Å²) in [6.07, 6.45) is 0.675. The average Bonchev–Trinajstić information content (AvgIpc) is 3.41. The van der Waals surface area contributed by atoms with Crippen LogP contribution in [0, 0.1) is 6.92 Å². The smallest absolute Gasteiger partial charge is 0.261 e. The molecule has 2 N–H and O–H groups in total. The summed E-state index contributed by atoms with van der Waals surface area (Å²) in [5.74, 6) is -1.53. The molecule has 3 amide bonds. The van der Waals surface area contributed by atoms with Gasteiger partial charge < -0.3 is 10.6 Å². The third-order valence-corrected chi connectivity index (χ3v) is 7.07. The van der Waals surface area contributed by atoms with Gasteiger partial charge in [0.05, 0.1) is 17.1 Å². The normalized spacial score (nSPS) is 11.9. The number of carbonyl (C=O) groups is 4. The van der Waals surface area contributed by atoms with Crippen molar-refractivity contribution in [1.29, 1.82) is 0 Å². The maximum Gasteiger partial charge on any atom is 0.261 e. The van der Waals surface area contributed by atoms with E-state index in [1.54, 1.807) is 53.9 Å². The fraction of sp³-hybridized carbons (Fsp3) is 0.310. The second-order valence-electron chi connectivity index (χ2n) is 9.54. The predicted octanol–water partition coefficient (Wildman–Crippen LogP) is 5.07. The molecule has 0 saturated heterocycles. The molecule has 0 bridgehead atoms. The van der Waals surface area contributed by atoms with Crippen LogP contribution in [0.1, 0.15) is 71.3 Å². The molecule has 1 atom stereocenters. The van der Waals surface area contributed by atoms with Crippen molar-refractivity contribution < 1.29 is 19.2 Å². The van der Waals surface area contributed by atoms with E-state index < -0.39 is 17.5 Å². The number of hydrogen-bond acceptors (Lipinski definition) is 5. The molecule has 194 valence electrons. The number of rotatable bonds is 10. The lowest BCUT2D eigenvalue weighted by Gasteiger charge is -2.35. The molecule has 0 unspecified atom stereocenters.